The van der Waals surface area contributed by atoms with Crippen LogP contribution in [0.3, 0.4) is 0 Å². The topological polar surface area (TPSA) is 51.5 Å². The molecule has 1 aromatic carbocycles. The van der Waals surface area contributed by atoms with Crippen molar-refractivity contribution >= 4 is 10.9 Å². The third-order valence-corrected chi connectivity index (χ3v) is 4.23. The zero-order valence-electron chi connectivity index (χ0n) is 14.4. The molecule has 2 rings (SSSR count). The zero-order valence-corrected chi connectivity index (χ0v) is 14.4. The predicted octanol–water partition coefficient (Wildman–Crippen LogP) is 4.29. The van der Waals surface area contributed by atoms with Crippen molar-refractivity contribution in [2.75, 3.05) is 6.61 Å². The van der Waals surface area contributed by atoms with E-state index in [1.54, 1.807) is 11.6 Å². The van der Waals surface area contributed by atoms with E-state index in [4.69, 9.17) is 4.74 Å². The molecule has 1 heterocycles. The summed E-state index contributed by atoms with van der Waals surface area (Å²) in [6, 6.07) is 5.65. The highest BCUT2D eigenvalue weighted by Crippen LogP contribution is 2.31. The number of pyridine rings is 1. The van der Waals surface area contributed by atoms with Gasteiger partial charge in [0, 0.05) is 12.4 Å². The predicted molar refractivity (Wildman–Crippen MR) is 94.5 cm³/mol. The molecule has 4 nitrogen and oxygen atoms in total. The highest BCUT2D eigenvalue weighted by molar-refractivity contribution is 5.87. The molecule has 0 saturated carbocycles. The number of benzene rings is 1. The van der Waals surface area contributed by atoms with Crippen molar-refractivity contribution in [2.24, 2.45) is 7.05 Å². The Labute approximate surface area is 137 Å². The van der Waals surface area contributed by atoms with Gasteiger partial charge in [-0.3, -0.25) is 4.79 Å². The molecule has 0 unspecified atom stereocenters. The molecular formula is C19H27NO3. The average Bonchev–Trinajstić information content (AvgIpc) is 2.54. The number of nitrogens with zero attached hydrogens (tertiary/aromatic N) is 1. The largest absolute Gasteiger partial charge is 0.504 e. The fraction of sp³-hybridized carbons (Fsp3) is 0.526. The molecule has 1 N–H and O–H groups in total. The van der Waals surface area contributed by atoms with Crippen LogP contribution in [0.25, 0.3) is 10.9 Å². The van der Waals surface area contributed by atoms with Gasteiger partial charge in [0.15, 0.2) is 5.75 Å². The third-order valence-electron chi connectivity index (χ3n) is 4.23. The second-order valence-corrected chi connectivity index (χ2v) is 6.18. The minimum absolute atomic E-state index is 0.0471. The third kappa shape index (κ3) is 4.06. The van der Waals surface area contributed by atoms with Crippen molar-refractivity contribution in [1.29, 1.82) is 0 Å². The molecule has 0 aliphatic rings. The lowest BCUT2D eigenvalue weighted by Crippen LogP contribution is -2.20. The Kier molecular flexibility index (Phi) is 6.08. The number of ether oxygens (including phenoxy) is 1. The van der Waals surface area contributed by atoms with Crippen LogP contribution in [0.4, 0.5) is 0 Å². The molecule has 0 amide bonds. The monoisotopic (exact) mass is 317 g/mol. The van der Waals surface area contributed by atoms with E-state index in [0.29, 0.717) is 12.0 Å². The highest BCUT2D eigenvalue weighted by atomic mass is 16.5. The Morgan fingerprint density at radius 1 is 1.13 bits per heavy atom. The van der Waals surface area contributed by atoms with Crippen LogP contribution < -0.4 is 10.3 Å². The van der Waals surface area contributed by atoms with Gasteiger partial charge < -0.3 is 14.4 Å². The van der Waals surface area contributed by atoms with Crippen LogP contribution in [-0.4, -0.2) is 16.3 Å². The van der Waals surface area contributed by atoms with Gasteiger partial charge in [0.1, 0.15) is 0 Å². The van der Waals surface area contributed by atoms with Crippen molar-refractivity contribution in [3.63, 3.8) is 0 Å². The van der Waals surface area contributed by atoms with E-state index in [-0.39, 0.29) is 17.1 Å². The Bertz CT molecular complexity index is 719. The molecule has 126 valence electrons. The summed E-state index contributed by atoms with van der Waals surface area (Å²) in [7, 11) is 1.71. The molecule has 23 heavy (non-hydrogen) atoms. The van der Waals surface area contributed by atoms with Gasteiger partial charge in [-0.05, 0) is 31.0 Å². The minimum Gasteiger partial charge on any atom is -0.504 e. The Morgan fingerprint density at radius 3 is 2.57 bits per heavy atom. The molecule has 0 aliphatic carbocycles. The summed E-state index contributed by atoms with van der Waals surface area (Å²) in [5, 5.41) is 11.0. The first kappa shape index (κ1) is 17.4. The van der Waals surface area contributed by atoms with Crippen molar-refractivity contribution in [2.45, 2.75) is 52.4 Å². The molecule has 0 atom stereocenters. The van der Waals surface area contributed by atoms with Crippen LogP contribution >= 0.6 is 0 Å². The Hall–Kier alpha value is -1.97. The van der Waals surface area contributed by atoms with Gasteiger partial charge in [0.25, 0.3) is 5.56 Å². The van der Waals surface area contributed by atoms with Gasteiger partial charge >= 0.3 is 0 Å². The number of fused-ring (bicyclic) bond motifs is 1. The van der Waals surface area contributed by atoms with Crippen molar-refractivity contribution in [3.05, 3.63) is 34.1 Å². The standard InChI is InChI=1S/C19H27NO3/c1-4-5-6-7-8-9-12-23-18-17(21)15-11-10-14(2)13-16(15)20(3)19(18)22/h10-11,13,21H,4-9,12H2,1-3H3. The van der Waals surface area contributed by atoms with E-state index in [2.05, 4.69) is 6.92 Å². The van der Waals surface area contributed by atoms with Crippen LogP contribution in [0.15, 0.2) is 23.0 Å². The maximum absolute atomic E-state index is 12.4. The van der Waals surface area contributed by atoms with Gasteiger partial charge in [-0.2, -0.15) is 0 Å². The second kappa shape index (κ2) is 8.04. The SMILES string of the molecule is CCCCCCCCOc1c(O)c2ccc(C)cc2n(C)c1=O. The van der Waals surface area contributed by atoms with Crippen molar-refractivity contribution in [1.82, 2.24) is 4.57 Å². The molecule has 2 aromatic rings. The first-order valence-corrected chi connectivity index (χ1v) is 8.51. The maximum atomic E-state index is 12.4. The Morgan fingerprint density at radius 2 is 1.83 bits per heavy atom. The van der Waals surface area contributed by atoms with Gasteiger partial charge in [0.05, 0.1) is 12.1 Å². The van der Waals surface area contributed by atoms with Crippen LogP contribution in [0, 0.1) is 6.92 Å². The number of hydrogen-bond donors (Lipinski definition) is 1. The summed E-state index contributed by atoms with van der Waals surface area (Å²) < 4.78 is 7.15. The number of aromatic hydroxyl groups is 1. The molecule has 0 aliphatic heterocycles. The first-order chi connectivity index (χ1) is 11.1. The lowest BCUT2D eigenvalue weighted by Gasteiger charge is -2.13. The summed E-state index contributed by atoms with van der Waals surface area (Å²) in [5.41, 5.74) is 1.48. The summed E-state index contributed by atoms with van der Waals surface area (Å²) in [6.07, 6.45) is 6.94. The lowest BCUT2D eigenvalue weighted by molar-refractivity contribution is 0.284. The van der Waals surface area contributed by atoms with E-state index in [1.165, 1.54) is 25.7 Å². The molecule has 0 fully saturated rings. The average molecular weight is 317 g/mol. The van der Waals surface area contributed by atoms with Crippen molar-refractivity contribution < 1.29 is 9.84 Å². The van der Waals surface area contributed by atoms with E-state index in [9.17, 15) is 9.90 Å². The number of rotatable bonds is 8. The van der Waals surface area contributed by atoms with Gasteiger partial charge in [-0.1, -0.05) is 45.1 Å². The summed E-state index contributed by atoms with van der Waals surface area (Å²) in [6.45, 7) is 4.62. The quantitative estimate of drug-likeness (QED) is 0.739. The molecule has 4 heteroatoms. The number of unbranched alkanes of at least 4 members (excludes halogenated alkanes) is 5. The van der Waals surface area contributed by atoms with Crippen LogP contribution in [0.1, 0.15) is 51.0 Å². The highest BCUT2D eigenvalue weighted by Gasteiger charge is 2.15. The van der Waals surface area contributed by atoms with E-state index in [0.717, 1.165) is 23.9 Å². The fourth-order valence-corrected chi connectivity index (χ4v) is 2.79. The number of aryl methyl sites for hydroxylation is 2. The molecule has 1 aromatic heterocycles. The lowest BCUT2D eigenvalue weighted by atomic mass is 10.1. The number of aromatic nitrogens is 1. The molecule has 0 bridgehead atoms. The van der Waals surface area contributed by atoms with E-state index < -0.39 is 0 Å². The minimum atomic E-state index is -0.286. The van der Waals surface area contributed by atoms with Crippen LogP contribution in [0.5, 0.6) is 11.5 Å². The van der Waals surface area contributed by atoms with E-state index >= 15 is 0 Å². The molecule has 0 radical (unpaired) electrons. The maximum Gasteiger partial charge on any atom is 0.297 e. The van der Waals surface area contributed by atoms with Crippen molar-refractivity contribution in [3.8, 4) is 11.5 Å². The fourth-order valence-electron chi connectivity index (χ4n) is 2.79. The molecule has 0 spiro atoms. The van der Waals surface area contributed by atoms with Crippen LogP contribution in [-0.2, 0) is 7.05 Å². The summed E-state index contributed by atoms with van der Waals surface area (Å²) >= 11 is 0. The molecular weight excluding hydrogens is 290 g/mol. The smallest absolute Gasteiger partial charge is 0.297 e. The van der Waals surface area contributed by atoms with Gasteiger partial charge in [0.2, 0.25) is 5.75 Å². The number of hydrogen-bond acceptors (Lipinski definition) is 3. The van der Waals surface area contributed by atoms with Crippen LogP contribution in [0.2, 0.25) is 0 Å². The first-order valence-electron chi connectivity index (χ1n) is 8.51. The van der Waals surface area contributed by atoms with E-state index in [1.807, 2.05) is 25.1 Å². The Balaban J connectivity index is 2.09. The summed E-state index contributed by atoms with van der Waals surface area (Å²) in [4.78, 5) is 12.4. The summed E-state index contributed by atoms with van der Waals surface area (Å²) in [5.74, 6) is 0.0199. The van der Waals surface area contributed by atoms with Gasteiger partial charge in [-0.15, -0.1) is 0 Å². The molecule has 0 saturated heterocycles. The second-order valence-electron chi connectivity index (χ2n) is 6.18. The normalized spacial score (nSPS) is 11.1. The van der Waals surface area contributed by atoms with Gasteiger partial charge in [-0.25, -0.2) is 0 Å². The zero-order chi connectivity index (χ0) is 16.8.